The Morgan fingerprint density at radius 1 is 1.31 bits per heavy atom. The van der Waals surface area contributed by atoms with Crippen LogP contribution in [0.25, 0.3) is 0 Å². The summed E-state index contributed by atoms with van der Waals surface area (Å²) in [5.41, 5.74) is 2.79. The van der Waals surface area contributed by atoms with Gasteiger partial charge in [0.15, 0.2) is 0 Å². The lowest BCUT2D eigenvalue weighted by Gasteiger charge is -2.14. The molecule has 2 heteroatoms. The fourth-order valence-electron chi connectivity index (χ4n) is 2.01. The molecule has 1 nitrogen and oxygen atoms in total. The molecule has 0 aromatic heterocycles. The summed E-state index contributed by atoms with van der Waals surface area (Å²) in [7, 11) is 0. The topological polar surface area (TPSA) is 20.2 Å². The Kier molecular flexibility index (Phi) is 2.61. The number of aliphatic hydroxyl groups excluding tert-OH is 1. The van der Waals surface area contributed by atoms with E-state index in [9.17, 15) is 5.11 Å². The van der Waals surface area contributed by atoms with E-state index in [0.717, 1.165) is 12.8 Å². The Morgan fingerprint density at radius 2 is 1.85 bits per heavy atom. The zero-order valence-electron chi connectivity index (χ0n) is 7.48. The minimum Gasteiger partial charge on any atom is -0.392 e. The maximum atomic E-state index is 9.65. The van der Waals surface area contributed by atoms with Crippen LogP contribution in [-0.2, 0) is 12.8 Å². The molecule has 0 spiro atoms. The summed E-state index contributed by atoms with van der Waals surface area (Å²) >= 11 is 4.12. The molecule has 0 saturated carbocycles. The summed E-state index contributed by atoms with van der Waals surface area (Å²) in [5, 5.41) is 9.65. The molecule has 2 rings (SSSR count). The van der Waals surface area contributed by atoms with Crippen molar-refractivity contribution < 1.29 is 5.11 Å². The number of rotatable bonds is 2. The minimum absolute atomic E-state index is 0.254. The van der Waals surface area contributed by atoms with Crippen LogP contribution in [-0.4, -0.2) is 17.0 Å². The van der Waals surface area contributed by atoms with Gasteiger partial charge in [-0.2, -0.15) is 12.6 Å². The van der Waals surface area contributed by atoms with Crippen LogP contribution >= 0.6 is 12.6 Å². The number of hydrogen-bond acceptors (Lipinski definition) is 2. The highest BCUT2D eigenvalue weighted by Crippen LogP contribution is 2.28. The number of fused-ring (bicyclic) bond motifs is 1. The van der Waals surface area contributed by atoms with Crippen molar-refractivity contribution in [3.05, 3.63) is 35.4 Å². The second-order valence-corrected chi connectivity index (χ2v) is 4.05. The van der Waals surface area contributed by atoms with Gasteiger partial charge in [-0.1, -0.05) is 24.3 Å². The van der Waals surface area contributed by atoms with Gasteiger partial charge in [0.1, 0.15) is 0 Å². The third kappa shape index (κ3) is 1.74. The molecule has 1 aliphatic rings. The van der Waals surface area contributed by atoms with E-state index in [1.54, 1.807) is 0 Å². The maximum absolute atomic E-state index is 9.65. The first kappa shape index (κ1) is 9.10. The van der Waals surface area contributed by atoms with Crippen LogP contribution in [0.15, 0.2) is 24.3 Å². The van der Waals surface area contributed by atoms with E-state index in [2.05, 4.69) is 36.9 Å². The van der Waals surface area contributed by atoms with Gasteiger partial charge in [0.2, 0.25) is 0 Å². The second-order valence-electron chi connectivity index (χ2n) is 3.69. The molecule has 0 bridgehead atoms. The summed E-state index contributed by atoms with van der Waals surface area (Å²) in [6.45, 7) is 0. The molecule has 0 aliphatic heterocycles. The monoisotopic (exact) mass is 194 g/mol. The molecular weight excluding hydrogens is 180 g/mol. The van der Waals surface area contributed by atoms with E-state index in [1.165, 1.54) is 11.1 Å². The fourth-order valence-corrected chi connectivity index (χ4v) is 2.31. The third-order valence-electron chi connectivity index (χ3n) is 2.81. The molecule has 70 valence electrons. The summed E-state index contributed by atoms with van der Waals surface area (Å²) < 4.78 is 0. The normalized spacial score (nSPS) is 18.6. The summed E-state index contributed by atoms with van der Waals surface area (Å²) in [6, 6.07) is 8.43. The average Bonchev–Trinajstić information content (AvgIpc) is 2.59. The molecule has 1 aromatic rings. The van der Waals surface area contributed by atoms with Gasteiger partial charge in [-0.05, 0) is 29.9 Å². The predicted octanol–water partition coefficient (Wildman–Crippen LogP) is 1.69. The van der Waals surface area contributed by atoms with Crippen LogP contribution < -0.4 is 0 Å². The number of aliphatic hydroxyl groups is 1. The lowest BCUT2D eigenvalue weighted by Crippen LogP contribution is -2.22. The highest BCUT2D eigenvalue weighted by molar-refractivity contribution is 7.80. The Balaban J connectivity index is 2.14. The minimum atomic E-state index is -0.254. The molecule has 1 N–H and O–H groups in total. The average molecular weight is 194 g/mol. The van der Waals surface area contributed by atoms with Crippen molar-refractivity contribution in [2.24, 2.45) is 5.92 Å². The van der Waals surface area contributed by atoms with Crippen LogP contribution in [0.1, 0.15) is 11.1 Å². The molecule has 0 amide bonds. The smallest absolute Gasteiger partial charge is 0.0662 e. The van der Waals surface area contributed by atoms with Gasteiger partial charge in [0.25, 0.3) is 0 Å². The quantitative estimate of drug-likeness (QED) is 0.687. The van der Waals surface area contributed by atoms with Gasteiger partial charge in [0.05, 0.1) is 6.10 Å². The molecule has 0 saturated heterocycles. The summed E-state index contributed by atoms with van der Waals surface area (Å²) in [6.07, 6.45) is 1.77. The van der Waals surface area contributed by atoms with Gasteiger partial charge >= 0.3 is 0 Å². The first-order valence-corrected chi connectivity index (χ1v) is 5.30. The molecule has 1 aliphatic carbocycles. The Labute approximate surface area is 84.2 Å². The number of thiol groups is 1. The van der Waals surface area contributed by atoms with Crippen molar-refractivity contribution in [3.63, 3.8) is 0 Å². The van der Waals surface area contributed by atoms with Crippen molar-refractivity contribution in [2.45, 2.75) is 18.9 Å². The van der Waals surface area contributed by atoms with Gasteiger partial charge in [-0.3, -0.25) is 0 Å². The Hall–Kier alpha value is -0.470. The molecule has 1 aromatic carbocycles. The standard InChI is InChI=1S/C11H14OS/c12-11(7-13)10-5-8-3-1-2-4-9(8)6-10/h1-4,10-13H,5-7H2/t11-/m1/s1. The van der Waals surface area contributed by atoms with Gasteiger partial charge in [0, 0.05) is 5.75 Å². The predicted molar refractivity (Wildman–Crippen MR) is 57.2 cm³/mol. The highest BCUT2D eigenvalue weighted by atomic mass is 32.1. The largest absolute Gasteiger partial charge is 0.392 e. The maximum Gasteiger partial charge on any atom is 0.0662 e. The summed E-state index contributed by atoms with van der Waals surface area (Å²) in [5.74, 6) is 0.952. The summed E-state index contributed by atoms with van der Waals surface area (Å²) in [4.78, 5) is 0. The van der Waals surface area contributed by atoms with Crippen molar-refractivity contribution in [2.75, 3.05) is 5.75 Å². The van der Waals surface area contributed by atoms with Crippen molar-refractivity contribution in [1.29, 1.82) is 0 Å². The van der Waals surface area contributed by atoms with Crippen molar-refractivity contribution in [1.82, 2.24) is 0 Å². The Bertz CT molecular complexity index is 273. The zero-order chi connectivity index (χ0) is 9.26. The molecule has 0 heterocycles. The van der Waals surface area contributed by atoms with Crippen molar-refractivity contribution >= 4 is 12.6 Å². The zero-order valence-corrected chi connectivity index (χ0v) is 8.37. The fraction of sp³-hybridized carbons (Fsp3) is 0.455. The van der Waals surface area contributed by atoms with Gasteiger partial charge in [-0.15, -0.1) is 0 Å². The lowest BCUT2D eigenvalue weighted by molar-refractivity contribution is 0.135. The second kappa shape index (κ2) is 3.72. The molecule has 1 atom stereocenters. The van der Waals surface area contributed by atoms with E-state index in [4.69, 9.17) is 0 Å². The number of hydrogen-bond donors (Lipinski definition) is 2. The first-order chi connectivity index (χ1) is 6.31. The van der Waals surface area contributed by atoms with Gasteiger partial charge in [-0.25, -0.2) is 0 Å². The van der Waals surface area contributed by atoms with Crippen LogP contribution in [0.2, 0.25) is 0 Å². The van der Waals surface area contributed by atoms with E-state index >= 15 is 0 Å². The lowest BCUT2D eigenvalue weighted by atomic mass is 10.0. The molecule has 13 heavy (non-hydrogen) atoms. The van der Waals surface area contributed by atoms with Gasteiger partial charge < -0.3 is 5.11 Å². The van der Waals surface area contributed by atoms with E-state index in [0.29, 0.717) is 11.7 Å². The molecule has 0 unspecified atom stereocenters. The SMILES string of the molecule is O[C@H](CS)C1Cc2ccccc2C1. The first-order valence-electron chi connectivity index (χ1n) is 4.67. The van der Waals surface area contributed by atoms with E-state index in [-0.39, 0.29) is 6.10 Å². The van der Waals surface area contributed by atoms with E-state index in [1.807, 2.05) is 0 Å². The molecule has 0 radical (unpaired) electrons. The van der Waals surface area contributed by atoms with E-state index < -0.39 is 0 Å². The van der Waals surface area contributed by atoms with Crippen LogP contribution in [0, 0.1) is 5.92 Å². The molecule has 0 fully saturated rings. The Morgan fingerprint density at radius 3 is 2.31 bits per heavy atom. The van der Waals surface area contributed by atoms with Crippen LogP contribution in [0.3, 0.4) is 0 Å². The third-order valence-corrected chi connectivity index (χ3v) is 3.19. The molecular formula is C11H14OS. The van der Waals surface area contributed by atoms with Crippen LogP contribution in [0.5, 0.6) is 0 Å². The van der Waals surface area contributed by atoms with Crippen LogP contribution in [0.4, 0.5) is 0 Å². The van der Waals surface area contributed by atoms with Crippen molar-refractivity contribution in [3.8, 4) is 0 Å². The highest BCUT2D eigenvalue weighted by Gasteiger charge is 2.25. The number of benzene rings is 1.